The summed E-state index contributed by atoms with van der Waals surface area (Å²) >= 11 is 0. The third kappa shape index (κ3) is 3.08. The van der Waals surface area contributed by atoms with Crippen molar-refractivity contribution in [1.29, 1.82) is 0 Å². The van der Waals surface area contributed by atoms with Crippen molar-refractivity contribution in [2.45, 2.75) is 29.9 Å². The molecule has 1 unspecified atom stereocenters. The smallest absolute Gasteiger partial charge is 0.0935 e. The van der Waals surface area contributed by atoms with Gasteiger partial charge >= 0.3 is 0 Å². The fourth-order valence-corrected chi connectivity index (χ4v) is 6.15. The molecule has 92 valence electrons. The topological polar surface area (TPSA) is 9.23 Å². The lowest BCUT2D eigenvalue weighted by molar-refractivity contribution is 0.198. The van der Waals surface area contributed by atoms with Crippen LogP contribution in [0.2, 0.25) is 0 Å². The van der Waals surface area contributed by atoms with Crippen LogP contribution < -0.4 is 0 Å². The molecular weight excluding hydrogens is 267 g/mol. The Morgan fingerprint density at radius 2 is 2.06 bits per heavy atom. The van der Waals surface area contributed by atoms with Crippen LogP contribution in [0.1, 0.15) is 24.7 Å². The van der Waals surface area contributed by atoms with Crippen LogP contribution in [0.5, 0.6) is 0 Å². The predicted octanol–water partition coefficient (Wildman–Crippen LogP) is 5.02. The lowest BCUT2D eigenvalue weighted by atomic mass is 9.98. The van der Waals surface area contributed by atoms with E-state index in [1.807, 2.05) is 27.4 Å². The van der Waals surface area contributed by atoms with Crippen molar-refractivity contribution in [3.8, 4) is 0 Å². The summed E-state index contributed by atoms with van der Waals surface area (Å²) in [4.78, 5) is 0. The van der Waals surface area contributed by atoms with Gasteiger partial charge in [-0.3, -0.25) is 0 Å². The second kappa shape index (κ2) is 5.79. The van der Waals surface area contributed by atoms with Gasteiger partial charge in [0, 0.05) is 13.6 Å². The highest BCUT2D eigenvalue weighted by Gasteiger charge is 2.45. The van der Waals surface area contributed by atoms with E-state index in [0.29, 0.717) is 14.1 Å². The van der Waals surface area contributed by atoms with E-state index in [1.54, 1.807) is 0 Å². The molecule has 0 amide bonds. The van der Waals surface area contributed by atoms with Crippen LogP contribution in [-0.2, 0) is 4.52 Å². The summed E-state index contributed by atoms with van der Waals surface area (Å²) in [6, 6.07) is 10.6. The molecule has 1 aliphatic rings. The summed E-state index contributed by atoms with van der Waals surface area (Å²) in [5.74, 6) is 1.85. The molecule has 17 heavy (non-hydrogen) atoms. The van der Waals surface area contributed by atoms with Crippen molar-refractivity contribution in [3.63, 3.8) is 0 Å². The zero-order valence-corrected chi connectivity index (χ0v) is 12.7. The first-order chi connectivity index (χ1) is 8.15. The standard InChI is InChI=1S/C13H17OPS2/c1-4-15-14-12-11(16-17-13(12,2)3)10-8-6-5-7-9-10/h4-9,11-12,15H,1H2,2-3H3/t11-,12+/m1/s1. The molecule has 1 aliphatic heterocycles. The zero-order valence-electron chi connectivity index (χ0n) is 10.1. The maximum atomic E-state index is 6.00. The van der Waals surface area contributed by atoms with Gasteiger partial charge in [-0.25, -0.2) is 0 Å². The van der Waals surface area contributed by atoms with Gasteiger partial charge < -0.3 is 4.52 Å². The Balaban J connectivity index is 2.19. The van der Waals surface area contributed by atoms with Crippen LogP contribution >= 0.6 is 30.4 Å². The number of hydrogen-bond acceptors (Lipinski definition) is 3. The van der Waals surface area contributed by atoms with E-state index in [2.05, 4.69) is 50.8 Å². The maximum absolute atomic E-state index is 6.00. The molecule has 1 heterocycles. The minimum atomic E-state index is 0.154. The Labute approximate surface area is 113 Å². The molecule has 0 saturated carbocycles. The first kappa shape index (κ1) is 13.5. The van der Waals surface area contributed by atoms with Crippen LogP contribution in [0.3, 0.4) is 0 Å². The van der Waals surface area contributed by atoms with Crippen LogP contribution in [0.15, 0.2) is 42.7 Å². The van der Waals surface area contributed by atoms with E-state index in [4.69, 9.17) is 4.52 Å². The SMILES string of the molecule is C=CPO[C@H]1[C@@H](c2ccccc2)SSC1(C)C. The van der Waals surface area contributed by atoms with Crippen molar-refractivity contribution in [1.82, 2.24) is 0 Å². The first-order valence-electron chi connectivity index (χ1n) is 5.56. The van der Waals surface area contributed by atoms with Gasteiger partial charge in [-0.1, -0.05) is 58.5 Å². The number of benzene rings is 1. The molecule has 2 rings (SSSR count). The Morgan fingerprint density at radius 1 is 1.35 bits per heavy atom. The van der Waals surface area contributed by atoms with E-state index < -0.39 is 0 Å². The average molecular weight is 284 g/mol. The van der Waals surface area contributed by atoms with E-state index in [1.165, 1.54) is 5.56 Å². The molecule has 1 aromatic rings. The Hall–Kier alpha value is 0.0500. The molecule has 3 atom stereocenters. The molecule has 0 radical (unpaired) electrons. The lowest BCUT2D eigenvalue weighted by Crippen LogP contribution is -2.32. The van der Waals surface area contributed by atoms with E-state index in [0.717, 1.165) is 0 Å². The molecule has 0 aromatic heterocycles. The zero-order chi connectivity index (χ0) is 12.3. The molecule has 1 fully saturated rings. The summed E-state index contributed by atoms with van der Waals surface area (Å²) in [6.07, 6.45) is 0.247. The molecular formula is C13H17OPS2. The fraction of sp³-hybridized carbons (Fsp3) is 0.385. The van der Waals surface area contributed by atoms with Gasteiger partial charge in [0.1, 0.15) is 0 Å². The van der Waals surface area contributed by atoms with Crippen molar-refractivity contribution in [3.05, 3.63) is 48.3 Å². The van der Waals surface area contributed by atoms with Gasteiger partial charge in [0.2, 0.25) is 0 Å². The minimum Gasteiger partial charge on any atom is -0.352 e. The monoisotopic (exact) mass is 284 g/mol. The van der Waals surface area contributed by atoms with Gasteiger partial charge in [0.25, 0.3) is 0 Å². The van der Waals surface area contributed by atoms with Gasteiger partial charge in [-0.05, 0) is 25.2 Å². The molecule has 0 bridgehead atoms. The molecule has 0 aliphatic carbocycles. The summed E-state index contributed by atoms with van der Waals surface area (Å²) in [7, 11) is 4.23. The summed E-state index contributed by atoms with van der Waals surface area (Å²) in [5.41, 5.74) is 1.36. The third-order valence-corrected chi connectivity index (χ3v) is 6.97. The molecule has 1 nitrogen and oxygen atoms in total. The highest BCUT2D eigenvalue weighted by atomic mass is 33.1. The Kier molecular flexibility index (Phi) is 4.59. The highest BCUT2D eigenvalue weighted by molar-refractivity contribution is 8.77. The molecule has 0 spiro atoms. The summed E-state index contributed by atoms with van der Waals surface area (Å²) in [5, 5.41) is 0.420. The Bertz CT molecular complexity index is 380. The van der Waals surface area contributed by atoms with Crippen molar-refractivity contribution in [2.24, 2.45) is 0 Å². The van der Waals surface area contributed by atoms with Gasteiger partial charge in [0.05, 0.1) is 11.4 Å². The Morgan fingerprint density at radius 3 is 2.71 bits per heavy atom. The van der Waals surface area contributed by atoms with Gasteiger partial charge in [-0.2, -0.15) is 0 Å². The second-order valence-electron chi connectivity index (χ2n) is 4.47. The largest absolute Gasteiger partial charge is 0.352 e. The first-order valence-corrected chi connectivity index (χ1v) is 8.76. The van der Waals surface area contributed by atoms with Crippen molar-refractivity contribution >= 4 is 30.4 Å². The molecule has 0 N–H and O–H groups in total. The van der Waals surface area contributed by atoms with Crippen LogP contribution in [-0.4, -0.2) is 10.9 Å². The molecule has 1 saturated heterocycles. The fourth-order valence-electron chi connectivity index (χ4n) is 1.84. The third-order valence-electron chi connectivity index (χ3n) is 2.73. The van der Waals surface area contributed by atoms with Crippen LogP contribution in [0.4, 0.5) is 0 Å². The highest BCUT2D eigenvalue weighted by Crippen LogP contribution is 2.60. The normalized spacial score (nSPS) is 27.6. The van der Waals surface area contributed by atoms with Gasteiger partial charge in [-0.15, -0.1) is 0 Å². The van der Waals surface area contributed by atoms with Crippen LogP contribution in [0.25, 0.3) is 0 Å². The lowest BCUT2D eigenvalue weighted by Gasteiger charge is -2.27. The van der Waals surface area contributed by atoms with E-state index >= 15 is 0 Å². The second-order valence-corrected chi connectivity index (χ2v) is 8.35. The maximum Gasteiger partial charge on any atom is 0.0935 e. The number of rotatable bonds is 4. The molecule has 4 heteroatoms. The average Bonchev–Trinajstić information content (AvgIpc) is 2.63. The predicted molar refractivity (Wildman–Crippen MR) is 81.8 cm³/mol. The van der Waals surface area contributed by atoms with Crippen molar-refractivity contribution in [2.75, 3.05) is 0 Å². The van der Waals surface area contributed by atoms with Gasteiger partial charge in [0.15, 0.2) is 0 Å². The van der Waals surface area contributed by atoms with E-state index in [-0.39, 0.29) is 10.9 Å². The van der Waals surface area contributed by atoms with E-state index in [9.17, 15) is 0 Å². The quantitative estimate of drug-likeness (QED) is 0.567. The number of hydrogen-bond donors (Lipinski definition) is 0. The molecule has 1 aromatic carbocycles. The van der Waals surface area contributed by atoms with Crippen molar-refractivity contribution < 1.29 is 4.52 Å². The van der Waals surface area contributed by atoms with Crippen LogP contribution in [0, 0.1) is 0 Å². The summed E-state index contributed by atoms with van der Waals surface area (Å²) in [6.45, 7) is 8.25. The minimum absolute atomic E-state index is 0.154. The summed E-state index contributed by atoms with van der Waals surface area (Å²) < 4.78 is 6.16.